The van der Waals surface area contributed by atoms with Crippen LogP contribution in [0.3, 0.4) is 0 Å². The van der Waals surface area contributed by atoms with Crippen LogP contribution in [-0.2, 0) is 0 Å². The van der Waals surface area contributed by atoms with Crippen LogP contribution in [0.1, 0.15) is 253 Å². The van der Waals surface area contributed by atoms with Gasteiger partial charge in [-0.25, -0.2) is 9.97 Å². The van der Waals surface area contributed by atoms with Crippen LogP contribution in [0.2, 0.25) is 0 Å². The maximum Gasteiger partial charge on any atom is 0.198 e. The van der Waals surface area contributed by atoms with E-state index in [4.69, 9.17) is 4.42 Å². The SMILES string of the molecule is CC(C)c1cccc(C(C)C)c1.CC(C)c1cccc(C(C)C)n1.CC(C)c1ccnc(C(C)C)c1.CC(C)c1cncc(C(C)C)c1.CC(C)c1nc2ccccc2o1.CC(C)c1nc2ccccc2s1. The Morgan fingerprint density at radius 1 is 0.361 bits per heavy atom. The molecule has 8 rings (SSSR count). The zero-order valence-corrected chi connectivity index (χ0v) is 48.8. The molecular formula is C65H91N5OS. The molecule has 5 aromatic heterocycles. The van der Waals surface area contributed by atoms with Gasteiger partial charge in [-0.2, -0.15) is 0 Å². The van der Waals surface area contributed by atoms with Crippen molar-refractivity contribution in [1.82, 2.24) is 24.9 Å². The Balaban J connectivity index is 0.000000228. The van der Waals surface area contributed by atoms with Crippen LogP contribution >= 0.6 is 11.3 Å². The fourth-order valence-corrected chi connectivity index (χ4v) is 7.88. The average molecular weight is 991 g/mol. The van der Waals surface area contributed by atoms with Crippen LogP contribution in [0.5, 0.6) is 0 Å². The largest absolute Gasteiger partial charge is 0.440 e. The second-order valence-electron chi connectivity index (χ2n) is 21.8. The van der Waals surface area contributed by atoms with Crippen LogP contribution < -0.4 is 0 Å². The summed E-state index contributed by atoms with van der Waals surface area (Å²) in [6, 6.07) is 37.8. The van der Waals surface area contributed by atoms with E-state index in [0.29, 0.717) is 59.2 Å². The molecule has 0 fully saturated rings. The summed E-state index contributed by atoms with van der Waals surface area (Å²) >= 11 is 1.79. The van der Waals surface area contributed by atoms with Gasteiger partial charge >= 0.3 is 0 Å². The molecule has 0 bridgehead atoms. The first-order chi connectivity index (χ1) is 34.0. The molecule has 0 saturated carbocycles. The van der Waals surface area contributed by atoms with E-state index in [2.05, 4.69) is 242 Å². The summed E-state index contributed by atoms with van der Waals surface area (Å²) in [6.07, 6.45) is 5.82. The van der Waals surface area contributed by atoms with Crippen molar-refractivity contribution in [3.8, 4) is 0 Å². The minimum Gasteiger partial charge on any atom is -0.440 e. The lowest BCUT2D eigenvalue weighted by Gasteiger charge is -2.09. The van der Waals surface area contributed by atoms with Crippen LogP contribution in [0.15, 0.2) is 132 Å². The number of hydrogen-bond acceptors (Lipinski definition) is 7. The first-order valence-corrected chi connectivity index (χ1v) is 27.5. The number of nitrogens with zero attached hydrogens (tertiary/aromatic N) is 5. The second-order valence-corrected chi connectivity index (χ2v) is 22.9. The van der Waals surface area contributed by atoms with E-state index in [1.54, 1.807) is 11.3 Å². The van der Waals surface area contributed by atoms with Gasteiger partial charge in [0.2, 0.25) is 0 Å². The summed E-state index contributed by atoms with van der Waals surface area (Å²) in [4.78, 5) is 22.0. The topological polar surface area (TPSA) is 77.6 Å². The van der Waals surface area contributed by atoms with Crippen molar-refractivity contribution in [2.75, 3.05) is 0 Å². The molecule has 0 atom stereocenters. The zero-order valence-electron chi connectivity index (χ0n) is 48.0. The van der Waals surface area contributed by atoms with E-state index >= 15 is 0 Å². The molecule has 0 aliphatic rings. The van der Waals surface area contributed by atoms with Gasteiger partial charge in [0.25, 0.3) is 0 Å². The molecule has 0 aliphatic heterocycles. The normalized spacial score (nSPS) is 11.2. The van der Waals surface area contributed by atoms with E-state index < -0.39 is 0 Å². The predicted octanol–water partition coefficient (Wildman–Crippen LogP) is 20.3. The molecule has 0 spiro atoms. The van der Waals surface area contributed by atoms with E-state index in [1.165, 1.54) is 54.6 Å². The molecule has 0 amide bonds. The number of pyridine rings is 3. The fraction of sp³-hybridized carbons (Fsp3) is 0.462. The second kappa shape index (κ2) is 30.5. The Labute approximate surface area is 441 Å². The number of aromatic nitrogens is 5. The van der Waals surface area contributed by atoms with Crippen LogP contribution in [0, 0.1) is 0 Å². The van der Waals surface area contributed by atoms with Crippen molar-refractivity contribution < 1.29 is 4.42 Å². The van der Waals surface area contributed by atoms with Gasteiger partial charge in [-0.05, 0) is 124 Å². The van der Waals surface area contributed by atoms with E-state index in [9.17, 15) is 0 Å². The Morgan fingerprint density at radius 3 is 1.28 bits per heavy atom. The Bertz CT molecular complexity index is 2290. The van der Waals surface area contributed by atoms with E-state index in [-0.39, 0.29) is 0 Å². The minimum absolute atomic E-state index is 0.359. The molecule has 0 unspecified atom stereocenters. The van der Waals surface area contributed by atoms with Gasteiger partial charge in [-0.3, -0.25) is 15.0 Å². The quantitative estimate of drug-likeness (QED) is 0.136. The molecule has 5 heterocycles. The molecule has 3 aromatic carbocycles. The highest BCUT2D eigenvalue weighted by molar-refractivity contribution is 7.18. The van der Waals surface area contributed by atoms with Crippen molar-refractivity contribution >= 4 is 32.7 Å². The van der Waals surface area contributed by atoms with Crippen molar-refractivity contribution in [3.05, 3.63) is 184 Å². The summed E-state index contributed by atoms with van der Waals surface area (Å²) in [5, 5.41) is 1.23. The first kappa shape index (κ1) is 60.8. The number of rotatable bonds is 10. The van der Waals surface area contributed by atoms with Gasteiger partial charge in [0.1, 0.15) is 5.52 Å². The lowest BCUT2D eigenvalue weighted by Crippen LogP contribution is -1.98. The summed E-state index contributed by atoms with van der Waals surface area (Å²) in [5.41, 5.74) is 13.5. The predicted molar refractivity (Wildman–Crippen MR) is 314 cm³/mol. The summed E-state index contributed by atoms with van der Waals surface area (Å²) in [7, 11) is 0. The number of oxazole rings is 1. The van der Waals surface area contributed by atoms with Crippen LogP contribution in [-0.4, -0.2) is 24.9 Å². The maximum absolute atomic E-state index is 5.52. The lowest BCUT2D eigenvalue weighted by atomic mass is 9.96. The number of para-hydroxylation sites is 3. The van der Waals surface area contributed by atoms with Gasteiger partial charge in [-0.15, -0.1) is 11.3 Å². The summed E-state index contributed by atoms with van der Waals surface area (Å²) < 4.78 is 6.81. The van der Waals surface area contributed by atoms with E-state index in [0.717, 1.165) is 22.5 Å². The molecule has 72 heavy (non-hydrogen) atoms. The monoisotopic (exact) mass is 990 g/mol. The highest BCUT2D eigenvalue weighted by Gasteiger charge is 2.10. The molecule has 7 heteroatoms. The molecule has 0 N–H and O–H groups in total. The Kier molecular flexibility index (Phi) is 25.7. The van der Waals surface area contributed by atoms with Crippen LogP contribution in [0.25, 0.3) is 21.3 Å². The number of fused-ring (bicyclic) bond motifs is 2. The molecule has 6 nitrogen and oxygen atoms in total. The summed E-state index contributed by atoms with van der Waals surface area (Å²) in [6.45, 7) is 43.7. The van der Waals surface area contributed by atoms with Gasteiger partial charge in [-0.1, -0.05) is 199 Å². The average Bonchev–Trinajstić information content (AvgIpc) is 4.01. The fourth-order valence-electron chi connectivity index (χ4n) is 6.91. The highest BCUT2D eigenvalue weighted by atomic mass is 32.1. The van der Waals surface area contributed by atoms with Gasteiger partial charge in [0, 0.05) is 47.5 Å². The molecular weight excluding hydrogens is 899 g/mol. The molecule has 8 aromatic rings. The van der Waals surface area contributed by atoms with Gasteiger partial charge < -0.3 is 4.42 Å². The Hall–Kier alpha value is -5.53. The standard InChI is InChI=1S/C12H18.3C11H17N.C10H11NO.C10H11NS/c1-9(2)11-6-5-7-12(8-11)10(3)4;1-8(2)10-5-11(9(3)4)7-12-6-10;1-8(2)10-5-6-12-11(7-10)9(3)4;1-8(2)10-6-5-7-11(12-10)9(3)4;2*1-7(2)10-11-8-5-3-4-6-9(8)12-10/h5-10H,1-4H3;3*5-9H,1-4H3;2*3-7H,1-2H3. The molecule has 0 saturated heterocycles. The molecule has 388 valence electrons. The maximum atomic E-state index is 5.52. The lowest BCUT2D eigenvalue weighted by molar-refractivity contribution is 0.501. The van der Waals surface area contributed by atoms with Crippen molar-refractivity contribution in [2.24, 2.45) is 0 Å². The summed E-state index contributed by atoms with van der Waals surface area (Å²) in [5.74, 6) is 6.36. The van der Waals surface area contributed by atoms with E-state index in [1.807, 2.05) is 48.9 Å². The number of thiazole rings is 1. The van der Waals surface area contributed by atoms with Gasteiger partial charge in [0.05, 0.1) is 15.2 Å². The third-order valence-corrected chi connectivity index (χ3v) is 13.3. The number of hydrogen-bond donors (Lipinski definition) is 0. The van der Waals surface area contributed by atoms with Crippen molar-refractivity contribution in [2.45, 2.75) is 198 Å². The zero-order chi connectivity index (χ0) is 53.7. The Morgan fingerprint density at radius 2 is 0.819 bits per heavy atom. The highest BCUT2D eigenvalue weighted by Crippen LogP contribution is 2.27. The van der Waals surface area contributed by atoms with Crippen molar-refractivity contribution in [3.63, 3.8) is 0 Å². The first-order valence-electron chi connectivity index (χ1n) is 26.7. The third-order valence-electron chi connectivity index (χ3n) is 12.0. The van der Waals surface area contributed by atoms with Crippen molar-refractivity contribution in [1.29, 1.82) is 0 Å². The smallest absolute Gasteiger partial charge is 0.198 e. The minimum atomic E-state index is 0.359. The third kappa shape index (κ3) is 20.5. The number of benzene rings is 3. The molecule has 0 radical (unpaired) electrons. The van der Waals surface area contributed by atoms with Crippen LogP contribution in [0.4, 0.5) is 0 Å². The van der Waals surface area contributed by atoms with Gasteiger partial charge in [0.15, 0.2) is 11.5 Å². The molecule has 0 aliphatic carbocycles.